The van der Waals surface area contributed by atoms with Crippen LogP contribution in [0.15, 0.2) is 34.1 Å². The van der Waals surface area contributed by atoms with Crippen molar-refractivity contribution in [3.8, 4) is 5.69 Å². The summed E-state index contributed by atoms with van der Waals surface area (Å²) in [7, 11) is 0. The lowest BCUT2D eigenvalue weighted by atomic mass is 10.0. The Bertz CT molecular complexity index is 1000. The topological polar surface area (TPSA) is 75.7 Å². The molecule has 0 radical (unpaired) electrons. The molecular formula is C19H22N6O2. The monoisotopic (exact) mass is 366 g/mol. The zero-order valence-electron chi connectivity index (χ0n) is 15.3. The number of aliphatic imine (C=N–C) groups is 1. The van der Waals surface area contributed by atoms with Crippen molar-refractivity contribution >= 4 is 17.7 Å². The van der Waals surface area contributed by atoms with Crippen LogP contribution in [0.4, 0.5) is 5.95 Å². The van der Waals surface area contributed by atoms with Crippen LogP contribution in [0.1, 0.15) is 31.7 Å². The number of likely N-dealkylation sites (tertiary alicyclic amines) is 1. The minimum Gasteiger partial charge on any atom is -0.338 e. The fraction of sp³-hybridized carbons (Fsp3) is 0.474. The molecule has 5 rings (SSSR count). The molecule has 3 aliphatic rings. The molecule has 1 aromatic carbocycles. The normalized spacial score (nSPS) is 20.8. The van der Waals surface area contributed by atoms with Crippen molar-refractivity contribution < 1.29 is 4.79 Å². The number of amidine groups is 1. The number of hydrogen-bond acceptors (Lipinski definition) is 5. The second-order valence-electron chi connectivity index (χ2n) is 7.38. The predicted octanol–water partition coefficient (Wildman–Crippen LogP) is 1.02. The summed E-state index contributed by atoms with van der Waals surface area (Å²) in [6, 6.07) is 7.94. The Morgan fingerprint density at radius 1 is 1.22 bits per heavy atom. The molecule has 1 unspecified atom stereocenters. The third-order valence-corrected chi connectivity index (χ3v) is 5.70. The highest BCUT2D eigenvalue weighted by Gasteiger charge is 2.35. The van der Waals surface area contributed by atoms with E-state index in [0.717, 1.165) is 42.9 Å². The van der Waals surface area contributed by atoms with Gasteiger partial charge in [-0.1, -0.05) is 12.1 Å². The number of rotatable bonds is 2. The molecule has 2 aromatic rings. The van der Waals surface area contributed by atoms with Gasteiger partial charge >= 0.3 is 5.69 Å². The Morgan fingerprint density at radius 2 is 2.07 bits per heavy atom. The molecule has 8 nitrogen and oxygen atoms in total. The van der Waals surface area contributed by atoms with E-state index in [0.29, 0.717) is 19.0 Å². The molecule has 27 heavy (non-hydrogen) atoms. The lowest BCUT2D eigenvalue weighted by molar-refractivity contribution is -0.135. The minimum absolute atomic E-state index is 0.0222. The fourth-order valence-corrected chi connectivity index (χ4v) is 4.30. The van der Waals surface area contributed by atoms with Crippen LogP contribution in [0.2, 0.25) is 0 Å². The van der Waals surface area contributed by atoms with Crippen LogP contribution >= 0.6 is 0 Å². The molecule has 0 aliphatic carbocycles. The van der Waals surface area contributed by atoms with E-state index in [4.69, 9.17) is 0 Å². The lowest BCUT2D eigenvalue weighted by Crippen LogP contribution is -2.44. The maximum atomic E-state index is 13.1. The van der Waals surface area contributed by atoms with Crippen LogP contribution in [0.5, 0.6) is 0 Å². The van der Waals surface area contributed by atoms with Crippen molar-refractivity contribution in [3.63, 3.8) is 0 Å². The Hall–Kier alpha value is -2.90. The van der Waals surface area contributed by atoms with Gasteiger partial charge in [-0.2, -0.15) is 0 Å². The summed E-state index contributed by atoms with van der Waals surface area (Å²) in [5.74, 6) is 1.36. The van der Waals surface area contributed by atoms with Crippen LogP contribution in [-0.2, 0) is 11.3 Å². The van der Waals surface area contributed by atoms with E-state index in [1.807, 2.05) is 34.1 Å². The number of carbonyl (C=O) groups is 1. The first-order chi connectivity index (χ1) is 13.1. The van der Waals surface area contributed by atoms with Gasteiger partial charge in [0.05, 0.1) is 12.2 Å². The molecular weight excluding hydrogens is 344 g/mol. The highest BCUT2D eigenvalue weighted by atomic mass is 16.2. The number of fused-ring (bicyclic) bond motifs is 6. The van der Waals surface area contributed by atoms with Gasteiger partial charge in [0, 0.05) is 24.7 Å². The Morgan fingerprint density at radius 3 is 2.93 bits per heavy atom. The molecule has 0 spiro atoms. The summed E-state index contributed by atoms with van der Waals surface area (Å²) < 4.78 is 2.91. The van der Waals surface area contributed by atoms with Gasteiger partial charge in [0.15, 0.2) is 0 Å². The van der Waals surface area contributed by atoms with E-state index in [-0.39, 0.29) is 24.2 Å². The predicted molar refractivity (Wildman–Crippen MR) is 102 cm³/mol. The van der Waals surface area contributed by atoms with Gasteiger partial charge in [0.2, 0.25) is 11.9 Å². The first kappa shape index (κ1) is 16.3. The molecule has 1 atom stereocenters. The number of carbonyl (C=O) groups excluding carboxylic acids is 1. The third-order valence-electron chi connectivity index (χ3n) is 5.70. The van der Waals surface area contributed by atoms with Crippen molar-refractivity contribution in [2.45, 2.75) is 38.8 Å². The molecule has 4 heterocycles. The van der Waals surface area contributed by atoms with Crippen molar-refractivity contribution in [2.75, 3.05) is 24.5 Å². The number of aromatic nitrogens is 3. The molecule has 140 valence electrons. The number of piperidine rings is 1. The summed E-state index contributed by atoms with van der Waals surface area (Å²) in [4.78, 5) is 34.3. The van der Waals surface area contributed by atoms with Crippen LogP contribution < -0.4 is 10.6 Å². The van der Waals surface area contributed by atoms with Gasteiger partial charge in [0.1, 0.15) is 12.4 Å². The zero-order valence-corrected chi connectivity index (χ0v) is 15.3. The standard InChI is InChI=1S/C19H22N6O2/c1-13-6-4-5-10-22(13)16(26)12-24-19(27)25-15-8-3-2-7-14(15)17-20-9-11-23(17)18(25)21-24/h2-3,7-8,13H,4-6,9-12H2,1H3. The SMILES string of the molecule is CC1CCCCN1C(=O)Cn1nc2n(c1=O)-c1ccccc1C1=NCCN12. The van der Waals surface area contributed by atoms with Crippen molar-refractivity contribution in [1.29, 1.82) is 0 Å². The molecule has 1 saturated heterocycles. The largest absolute Gasteiger partial charge is 0.352 e. The van der Waals surface area contributed by atoms with Crippen molar-refractivity contribution in [2.24, 2.45) is 4.99 Å². The number of anilines is 1. The quantitative estimate of drug-likeness (QED) is 0.795. The molecule has 0 N–H and O–H groups in total. The molecule has 1 amide bonds. The lowest BCUT2D eigenvalue weighted by Gasteiger charge is -2.33. The van der Waals surface area contributed by atoms with Crippen molar-refractivity contribution in [3.05, 3.63) is 40.3 Å². The number of hydrogen-bond donors (Lipinski definition) is 0. The highest BCUT2D eigenvalue weighted by molar-refractivity contribution is 6.14. The molecule has 8 heteroatoms. The first-order valence-electron chi connectivity index (χ1n) is 9.56. The average molecular weight is 366 g/mol. The van der Waals surface area contributed by atoms with Crippen LogP contribution in [-0.4, -0.2) is 56.7 Å². The highest BCUT2D eigenvalue weighted by Crippen LogP contribution is 2.29. The molecule has 0 saturated carbocycles. The summed E-state index contributed by atoms with van der Waals surface area (Å²) in [5.41, 5.74) is 1.43. The number of nitrogens with zero attached hydrogens (tertiary/aromatic N) is 6. The summed E-state index contributed by atoms with van der Waals surface area (Å²) in [5, 5.41) is 4.52. The fourth-order valence-electron chi connectivity index (χ4n) is 4.30. The van der Waals surface area contributed by atoms with Crippen LogP contribution in [0.3, 0.4) is 0 Å². The second-order valence-corrected chi connectivity index (χ2v) is 7.38. The van der Waals surface area contributed by atoms with Gasteiger partial charge in [-0.05, 0) is 38.3 Å². The first-order valence-corrected chi connectivity index (χ1v) is 9.56. The van der Waals surface area contributed by atoms with Crippen LogP contribution in [0, 0.1) is 0 Å². The minimum atomic E-state index is -0.276. The summed E-state index contributed by atoms with van der Waals surface area (Å²) in [6.07, 6.45) is 3.18. The van der Waals surface area contributed by atoms with Crippen LogP contribution in [0.25, 0.3) is 5.69 Å². The van der Waals surface area contributed by atoms with E-state index < -0.39 is 0 Å². The van der Waals surface area contributed by atoms with E-state index in [1.165, 1.54) is 4.68 Å². The summed E-state index contributed by atoms with van der Waals surface area (Å²) >= 11 is 0. The van der Waals surface area contributed by atoms with E-state index in [9.17, 15) is 9.59 Å². The van der Waals surface area contributed by atoms with E-state index >= 15 is 0 Å². The van der Waals surface area contributed by atoms with Gasteiger partial charge in [0.25, 0.3) is 0 Å². The zero-order chi connectivity index (χ0) is 18.5. The maximum absolute atomic E-state index is 13.1. The number of amides is 1. The second kappa shape index (κ2) is 6.07. The smallest absolute Gasteiger partial charge is 0.338 e. The molecule has 0 bridgehead atoms. The molecule has 3 aliphatic heterocycles. The Balaban J connectivity index is 1.54. The van der Waals surface area contributed by atoms with Gasteiger partial charge in [-0.25, -0.2) is 14.0 Å². The Labute approximate surface area is 156 Å². The number of benzene rings is 1. The van der Waals surface area contributed by atoms with Gasteiger partial charge < -0.3 is 4.90 Å². The number of para-hydroxylation sites is 1. The molecule has 1 aromatic heterocycles. The van der Waals surface area contributed by atoms with E-state index in [2.05, 4.69) is 17.0 Å². The average Bonchev–Trinajstić information content (AvgIpc) is 3.28. The van der Waals surface area contributed by atoms with Gasteiger partial charge in [-0.15, -0.1) is 5.10 Å². The Kier molecular flexibility index (Phi) is 3.66. The van der Waals surface area contributed by atoms with Gasteiger partial charge in [-0.3, -0.25) is 14.7 Å². The van der Waals surface area contributed by atoms with E-state index in [1.54, 1.807) is 4.57 Å². The molecule has 1 fully saturated rings. The maximum Gasteiger partial charge on any atom is 0.352 e. The third kappa shape index (κ3) is 2.43. The summed E-state index contributed by atoms with van der Waals surface area (Å²) in [6.45, 7) is 4.17. The van der Waals surface area contributed by atoms with Crippen molar-refractivity contribution in [1.82, 2.24) is 19.2 Å².